The highest BCUT2D eigenvalue weighted by atomic mass is 35.5. The molecule has 1 aromatic heterocycles. The van der Waals surface area contributed by atoms with Crippen molar-refractivity contribution >= 4 is 43.8 Å². The predicted octanol–water partition coefficient (Wildman–Crippen LogP) is 3.35. The van der Waals surface area contributed by atoms with Crippen LogP contribution in [0, 0.1) is 0 Å². The minimum Gasteiger partial charge on any atom is -0.382 e. The molecule has 2 rings (SSSR count). The van der Waals surface area contributed by atoms with E-state index in [4.69, 9.17) is 17.3 Å². The van der Waals surface area contributed by atoms with Crippen molar-refractivity contribution in [2.45, 2.75) is 24.8 Å². The zero-order chi connectivity index (χ0) is 15.6. The molecular weight excluding hydrogens is 330 g/mol. The van der Waals surface area contributed by atoms with Gasteiger partial charge in [0.15, 0.2) is 15.7 Å². The summed E-state index contributed by atoms with van der Waals surface area (Å²) in [5, 5.41) is 4.29. The molecule has 3 N–H and O–H groups in total. The highest BCUT2D eigenvalue weighted by Gasteiger charge is 2.24. The normalized spacial score (nSPS) is 13.1. The average molecular weight is 346 g/mol. The minimum absolute atomic E-state index is 0.0143. The van der Waals surface area contributed by atoms with Crippen molar-refractivity contribution in [1.29, 1.82) is 0 Å². The number of hydrogen-bond donors (Lipinski definition) is 2. The second-order valence-electron chi connectivity index (χ2n) is 4.55. The zero-order valence-electron chi connectivity index (χ0n) is 11.6. The number of benzene rings is 1. The molecular formula is C13H16ClN3O2S2. The summed E-state index contributed by atoms with van der Waals surface area (Å²) in [5.41, 5.74) is 6.69. The second-order valence-corrected chi connectivity index (χ2v) is 7.97. The average Bonchev–Trinajstić information content (AvgIpc) is 2.81. The third kappa shape index (κ3) is 3.48. The van der Waals surface area contributed by atoms with E-state index in [1.807, 2.05) is 19.1 Å². The van der Waals surface area contributed by atoms with Gasteiger partial charge in [-0.1, -0.05) is 30.7 Å². The number of hydrogen-bond acceptors (Lipinski definition) is 6. The van der Waals surface area contributed by atoms with Gasteiger partial charge >= 0.3 is 0 Å². The zero-order valence-corrected chi connectivity index (χ0v) is 14.0. The van der Waals surface area contributed by atoms with Crippen LogP contribution in [0.15, 0.2) is 29.2 Å². The molecule has 1 aromatic carbocycles. The molecule has 0 aliphatic heterocycles. The molecule has 114 valence electrons. The van der Waals surface area contributed by atoms with E-state index < -0.39 is 9.84 Å². The van der Waals surface area contributed by atoms with Crippen LogP contribution in [0.3, 0.4) is 0 Å². The molecule has 2 aromatic rings. The molecule has 0 saturated heterocycles. The Bertz CT molecular complexity index is 726. The summed E-state index contributed by atoms with van der Waals surface area (Å²) < 4.78 is 28.1. The summed E-state index contributed by atoms with van der Waals surface area (Å²) in [6.45, 7) is 3.51. The smallest absolute Gasteiger partial charge is 0.184 e. The highest BCUT2D eigenvalue weighted by molar-refractivity contribution is 7.91. The maximum atomic E-state index is 12.1. The molecule has 1 heterocycles. The third-order valence-corrected chi connectivity index (χ3v) is 6.05. The molecule has 1 atom stereocenters. The maximum Gasteiger partial charge on any atom is 0.184 e. The van der Waals surface area contributed by atoms with Gasteiger partial charge < -0.3 is 11.1 Å². The predicted molar refractivity (Wildman–Crippen MR) is 87.7 cm³/mol. The number of halogens is 1. The van der Waals surface area contributed by atoms with Crippen LogP contribution in [-0.4, -0.2) is 18.5 Å². The first-order valence-electron chi connectivity index (χ1n) is 6.35. The first-order chi connectivity index (χ1) is 9.85. The molecule has 8 heteroatoms. The van der Waals surface area contributed by atoms with E-state index in [0.717, 1.165) is 17.1 Å². The van der Waals surface area contributed by atoms with Gasteiger partial charge in [0.1, 0.15) is 9.90 Å². The van der Waals surface area contributed by atoms with E-state index in [1.165, 1.54) is 0 Å². The standard InChI is InChI=1S/C13H16ClN3O2S2/c1-3-21(18,19)11-12(15)17-20-13(11)16-8(2)9-4-6-10(14)7-5-9/h4-8,16H,3H2,1-2H3,(H2,15,17). The lowest BCUT2D eigenvalue weighted by Gasteiger charge is -2.15. The summed E-state index contributed by atoms with van der Waals surface area (Å²) in [5.74, 6) is 0.0345. The lowest BCUT2D eigenvalue weighted by atomic mass is 10.1. The van der Waals surface area contributed by atoms with Crippen molar-refractivity contribution in [3.05, 3.63) is 34.9 Å². The van der Waals surface area contributed by atoms with Gasteiger partial charge in [-0.25, -0.2) is 8.42 Å². The van der Waals surface area contributed by atoms with Gasteiger partial charge in [-0.2, -0.15) is 4.37 Å². The quantitative estimate of drug-likeness (QED) is 0.868. The molecule has 0 aliphatic rings. The largest absolute Gasteiger partial charge is 0.382 e. The Labute approximate surface area is 133 Å². The summed E-state index contributed by atoms with van der Waals surface area (Å²) in [6, 6.07) is 7.27. The van der Waals surface area contributed by atoms with E-state index >= 15 is 0 Å². The van der Waals surface area contributed by atoms with Crippen molar-refractivity contribution in [2.24, 2.45) is 0 Å². The number of nitrogen functional groups attached to an aromatic ring is 1. The van der Waals surface area contributed by atoms with Gasteiger partial charge in [0.25, 0.3) is 0 Å². The van der Waals surface area contributed by atoms with Crippen LogP contribution in [-0.2, 0) is 9.84 Å². The second kappa shape index (κ2) is 6.21. The van der Waals surface area contributed by atoms with Crippen LogP contribution < -0.4 is 11.1 Å². The molecule has 0 amide bonds. The maximum absolute atomic E-state index is 12.1. The van der Waals surface area contributed by atoms with Crippen LogP contribution >= 0.6 is 23.1 Å². The molecule has 1 unspecified atom stereocenters. The lowest BCUT2D eigenvalue weighted by Crippen LogP contribution is -2.11. The molecule has 0 bridgehead atoms. The van der Waals surface area contributed by atoms with Gasteiger partial charge in [0.2, 0.25) is 0 Å². The highest BCUT2D eigenvalue weighted by Crippen LogP contribution is 2.34. The minimum atomic E-state index is -3.41. The van der Waals surface area contributed by atoms with Crippen LogP contribution in [0.5, 0.6) is 0 Å². The van der Waals surface area contributed by atoms with Crippen molar-refractivity contribution in [3.8, 4) is 0 Å². The Balaban J connectivity index is 2.30. The molecule has 21 heavy (non-hydrogen) atoms. The SMILES string of the molecule is CCS(=O)(=O)c1c(N)nsc1NC(C)c1ccc(Cl)cc1. The Morgan fingerprint density at radius 1 is 1.38 bits per heavy atom. The molecule has 5 nitrogen and oxygen atoms in total. The Kier molecular flexibility index (Phi) is 4.75. The van der Waals surface area contributed by atoms with E-state index in [1.54, 1.807) is 19.1 Å². The van der Waals surface area contributed by atoms with Gasteiger partial charge in [-0.05, 0) is 36.2 Å². The first-order valence-corrected chi connectivity index (χ1v) is 9.15. The van der Waals surface area contributed by atoms with Gasteiger partial charge in [0.05, 0.1) is 5.75 Å². The molecule has 0 saturated carbocycles. The van der Waals surface area contributed by atoms with Gasteiger partial charge in [-0.3, -0.25) is 0 Å². The van der Waals surface area contributed by atoms with Crippen molar-refractivity contribution in [2.75, 3.05) is 16.8 Å². The topological polar surface area (TPSA) is 85.1 Å². The van der Waals surface area contributed by atoms with E-state index in [2.05, 4.69) is 9.69 Å². The van der Waals surface area contributed by atoms with Crippen molar-refractivity contribution in [1.82, 2.24) is 4.37 Å². The number of nitrogens with two attached hydrogens (primary N) is 1. The fourth-order valence-corrected chi connectivity index (χ4v) is 4.23. The summed E-state index contributed by atoms with van der Waals surface area (Å²) >= 11 is 6.91. The number of sulfone groups is 1. The van der Waals surface area contributed by atoms with Gasteiger partial charge in [-0.15, -0.1) is 0 Å². The summed E-state index contributed by atoms with van der Waals surface area (Å²) in [6.07, 6.45) is 0. The number of anilines is 2. The molecule has 0 fully saturated rings. The third-order valence-electron chi connectivity index (χ3n) is 3.08. The van der Waals surface area contributed by atoms with E-state index in [0.29, 0.717) is 10.0 Å². The van der Waals surface area contributed by atoms with E-state index in [9.17, 15) is 8.42 Å². The number of nitrogens with zero attached hydrogens (tertiary/aromatic N) is 1. The van der Waals surface area contributed by atoms with Crippen LogP contribution in [0.4, 0.5) is 10.8 Å². The molecule has 0 aliphatic carbocycles. The van der Waals surface area contributed by atoms with Gasteiger partial charge in [0, 0.05) is 11.1 Å². The first kappa shape index (κ1) is 16.1. The Hall–Kier alpha value is -1.31. The van der Waals surface area contributed by atoms with Crippen molar-refractivity contribution in [3.63, 3.8) is 0 Å². The number of aromatic nitrogens is 1. The fourth-order valence-electron chi connectivity index (χ4n) is 1.86. The number of rotatable bonds is 5. The van der Waals surface area contributed by atoms with Crippen LogP contribution in [0.1, 0.15) is 25.5 Å². The van der Waals surface area contributed by atoms with E-state index in [-0.39, 0.29) is 22.5 Å². The number of nitrogens with one attached hydrogen (secondary N) is 1. The Morgan fingerprint density at radius 3 is 2.57 bits per heavy atom. The molecule has 0 radical (unpaired) electrons. The van der Waals surface area contributed by atoms with Crippen LogP contribution in [0.25, 0.3) is 0 Å². The molecule has 0 spiro atoms. The monoisotopic (exact) mass is 345 g/mol. The summed E-state index contributed by atoms with van der Waals surface area (Å²) in [7, 11) is -3.41. The van der Waals surface area contributed by atoms with Crippen molar-refractivity contribution < 1.29 is 8.42 Å². The summed E-state index contributed by atoms with van der Waals surface area (Å²) in [4.78, 5) is 0.0933. The van der Waals surface area contributed by atoms with Crippen LogP contribution in [0.2, 0.25) is 5.02 Å². The fraction of sp³-hybridized carbons (Fsp3) is 0.308. The Morgan fingerprint density at radius 2 is 2.00 bits per heavy atom. The lowest BCUT2D eigenvalue weighted by molar-refractivity contribution is 0.598.